The van der Waals surface area contributed by atoms with E-state index in [2.05, 4.69) is 91.9 Å². The smallest absolute Gasteiger partial charge is 0.0379 e. The number of hydrogen-bond donors (Lipinski definition) is 0. The van der Waals surface area contributed by atoms with Gasteiger partial charge in [0.05, 0.1) is 0 Å². The van der Waals surface area contributed by atoms with E-state index in [4.69, 9.17) is 0 Å². The largest absolute Gasteiger partial charge is 0.117 e. The SMILES string of the molecule is C[C@H]1[C@H](c2ccccc2)c2ccccc2S[C@@H]1c1ccccc1. The van der Waals surface area contributed by atoms with Gasteiger partial charge in [-0.2, -0.15) is 0 Å². The molecular formula is C22H20S. The van der Waals surface area contributed by atoms with Gasteiger partial charge in [-0.1, -0.05) is 85.8 Å². The highest BCUT2D eigenvalue weighted by Crippen LogP contribution is 2.54. The van der Waals surface area contributed by atoms with Crippen LogP contribution in [0.5, 0.6) is 0 Å². The average Bonchev–Trinajstić information content (AvgIpc) is 2.63. The van der Waals surface area contributed by atoms with Gasteiger partial charge < -0.3 is 0 Å². The zero-order chi connectivity index (χ0) is 15.6. The minimum atomic E-state index is 0.457. The van der Waals surface area contributed by atoms with Crippen molar-refractivity contribution in [1.29, 1.82) is 0 Å². The summed E-state index contributed by atoms with van der Waals surface area (Å²) in [4.78, 5) is 1.42. The second-order valence-corrected chi connectivity index (χ2v) is 7.42. The number of thioether (sulfide) groups is 1. The van der Waals surface area contributed by atoms with Crippen LogP contribution < -0.4 is 0 Å². The third-order valence-electron chi connectivity index (χ3n) is 4.80. The molecule has 1 heteroatoms. The predicted molar refractivity (Wildman–Crippen MR) is 98.9 cm³/mol. The molecular weight excluding hydrogens is 296 g/mol. The number of fused-ring (bicyclic) bond motifs is 1. The Kier molecular flexibility index (Phi) is 3.97. The van der Waals surface area contributed by atoms with Crippen LogP contribution in [-0.4, -0.2) is 0 Å². The van der Waals surface area contributed by atoms with Crippen LogP contribution in [-0.2, 0) is 0 Å². The molecule has 114 valence electrons. The maximum absolute atomic E-state index is 2.40. The Hall–Kier alpha value is -1.99. The van der Waals surface area contributed by atoms with E-state index in [9.17, 15) is 0 Å². The molecule has 3 atom stereocenters. The lowest BCUT2D eigenvalue weighted by molar-refractivity contribution is 0.485. The normalized spacial score (nSPS) is 23.3. The number of benzene rings is 3. The van der Waals surface area contributed by atoms with Gasteiger partial charge in [-0.05, 0) is 28.7 Å². The maximum Gasteiger partial charge on any atom is 0.0379 e. The van der Waals surface area contributed by atoms with Crippen molar-refractivity contribution in [3.8, 4) is 0 Å². The predicted octanol–water partition coefficient (Wildman–Crippen LogP) is 6.30. The fraction of sp³-hybridized carbons (Fsp3) is 0.182. The minimum absolute atomic E-state index is 0.457. The molecule has 3 aromatic carbocycles. The highest BCUT2D eigenvalue weighted by atomic mass is 32.2. The van der Waals surface area contributed by atoms with E-state index in [-0.39, 0.29) is 0 Å². The lowest BCUT2D eigenvalue weighted by atomic mass is 9.78. The van der Waals surface area contributed by atoms with Gasteiger partial charge in [0.25, 0.3) is 0 Å². The molecule has 4 rings (SSSR count). The van der Waals surface area contributed by atoms with Gasteiger partial charge in [0.1, 0.15) is 0 Å². The molecule has 0 nitrogen and oxygen atoms in total. The first-order valence-corrected chi connectivity index (χ1v) is 9.08. The fourth-order valence-electron chi connectivity index (χ4n) is 3.70. The number of rotatable bonds is 2. The van der Waals surface area contributed by atoms with E-state index in [0.717, 1.165) is 0 Å². The molecule has 0 saturated carbocycles. The summed E-state index contributed by atoms with van der Waals surface area (Å²) in [5.74, 6) is 1.01. The first kappa shape index (κ1) is 14.6. The van der Waals surface area contributed by atoms with Crippen molar-refractivity contribution in [3.05, 3.63) is 102 Å². The molecule has 0 spiro atoms. The first-order chi connectivity index (χ1) is 11.3. The summed E-state index contributed by atoms with van der Waals surface area (Å²) < 4.78 is 0. The zero-order valence-corrected chi connectivity index (χ0v) is 14.0. The highest BCUT2D eigenvalue weighted by molar-refractivity contribution is 7.99. The van der Waals surface area contributed by atoms with Crippen LogP contribution in [0.1, 0.15) is 34.8 Å². The Balaban J connectivity index is 1.83. The second kappa shape index (κ2) is 6.25. The van der Waals surface area contributed by atoms with Gasteiger partial charge in [0.2, 0.25) is 0 Å². The van der Waals surface area contributed by atoms with Gasteiger partial charge in [0, 0.05) is 16.1 Å². The van der Waals surface area contributed by atoms with Gasteiger partial charge in [0.15, 0.2) is 0 Å². The summed E-state index contributed by atoms with van der Waals surface area (Å²) in [5.41, 5.74) is 4.33. The van der Waals surface area contributed by atoms with Gasteiger partial charge in [-0.3, -0.25) is 0 Å². The highest BCUT2D eigenvalue weighted by Gasteiger charge is 2.35. The average molecular weight is 316 g/mol. The van der Waals surface area contributed by atoms with Crippen LogP contribution in [0.15, 0.2) is 89.8 Å². The molecule has 0 radical (unpaired) electrons. The van der Waals surface area contributed by atoms with E-state index in [1.807, 2.05) is 11.8 Å². The zero-order valence-electron chi connectivity index (χ0n) is 13.2. The molecule has 1 aliphatic rings. The molecule has 0 aromatic heterocycles. The molecule has 0 N–H and O–H groups in total. The van der Waals surface area contributed by atoms with Crippen molar-refractivity contribution in [3.63, 3.8) is 0 Å². The molecule has 0 bridgehead atoms. The van der Waals surface area contributed by atoms with Crippen molar-refractivity contribution in [1.82, 2.24) is 0 Å². The molecule has 23 heavy (non-hydrogen) atoms. The summed E-state index contributed by atoms with van der Waals surface area (Å²) in [7, 11) is 0. The summed E-state index contributed by atoms with van der Waals surface area (Å²) in [6.07, 6.45) is 0. The van der Waals surface area contributed by atoms with E-state index in [0.29, 0.717) is 17.1 Å². The standard InChI is InChI=1S/C22H20S/c1-16-21(17-10-4-2-5-11-17)19-14-8-9-15-20(19)23-22(16)18-12-6-3-7-13-18/h2-16,21-22H,1H3/t16-,21+,22-/m0/s1. The van der Waals surface area contributed by atoms with E-state index in [1.54, 1.807) is 0 Å². The van der Waals surface area contributed by atoms with Crippen molar-refractivity contribution < 1.29 is 0 Å². The Morgan fingerprint density at radius 3 is 1.91 bits per heavy atom. The molecule has 0 aliphatic carbocycles. The van der Waals surface area contributed by atoms with E-state index >= 15 is 0 Å². The summed E-state index contributed by atoms with van der Waals surface area (Å²) in [5, 5.41) is 0.497. The molecule has 0 amide bonds. The molecule has 0 fully saturated rings. The van der Waals surface area contributed by atoms with Gasteiger partial charge in [-0.15, -0.1) is 11.8 Å². The van der Waals surface area contributed by atoms with Crippen molar-refractivity contribution in [2.45, 2.75) is 23.0 Å². The summed E-state index contributed by atoms with van der Waals surface area (Å²) >= 11 is 2.02. The molecule has 0 unspecified atom stereocenters. The number of hydrogen-bond acceptors (Lipinski definition) is 1. The van der Waals surface area contributed by atoms with Crippen molar-refractivity contribution in [2.75, 3.05) is 0 Å². The Bertz CT molecular complexity index is 779. The quantitative estimate of drug-likeness (QED) is 0.534. The van der Waals surface area contributed by atoms with Gasteiger partial charge >= 0.3 is 0 Å². The Morgan fingerprint density at radius 2 is 1.22 bits per heavy atom. The third-order valence-corrected chi connectivity index (χ3v) is 6.38. The van der Waals surface area contributed by atoms with Crippen LogP contribution in [0.4, 0.5) is 0 Å². The molecule has 0 saturated heterocycles. The summed E-state index contributed by atoms with van der Waals surface area (Å²) in [6, 6.07) is 30.8. The van der Waals surface area contributed by atoms with Crippen molar-refractivity contribution in [2.24, 2.45) is 5.92 Å². The maximum atomic E-state index is 2.40. The van der Waals surface area contributed by atoms with Crippen LogP contribution >= 0.6 is 11.8 Å². The van der Waals surface area contributed by atoms with Crippen LogP contribution in [0.25, 0.3) is 0 Å². The van der Waals surface area contributed by atoms with E-state index in [1.165, 1.54) is 21.6 Å². The van der Waals surface area contributed by atoms with Crippen LogP contribution in [0.2, 0.25) is 0 Å². The summed E-state index contributed by atoms with van der Waals surface area (Å²) in [6.45, 7) is 2.40. The lowest BCUT2D eigenvalue weighted by Gasteiger charge is -2.38. The van der Waals surface area contributed by atoms with Crippen molar-refractivity contribution >= 4 is 11.8 Å². The fourth-order valence-corrected chi connectivity index (χ4v) is 5.13. The topological polar surface area (TPSA) is 0 Å². The van der Waals surface area contributed by atoms with Crippen LogP contribution in [0, 0.1) is 5.92 Å². The lowest BCUT2D eigenvalue weighted by Crippen LogP contribution is -2.22. The third kappa shape index (κ3) is 2.70. The minimum Gasteiger partial charge on any atom is -0.117 e. The monoisotopic (exact) mass is 316 g/mol. The molecule has 1 aliphatic heterocycles. The second-order valence-electron chi connectivity index (χ2n) is 6.23. The van der Waals surface area contributed by atoms with E-state index < -0.39 is 0 Å². The first-order valence-electron chi connectivity index (χ1n) is 8.20. The Labute approximate surface area is 142 Å². The van der Waals surface area contributed by atoms with Crippen LogP contribution in [0.3, 0.4) is 0 Å². The van der Waals surface area contributed by atoms with Gasteiger partial charge in [-0.25, -0.2) is 0 Å². The Morgan fingerprint density at radius 1 is 0.652 bits per heavy atom. The molecule has 1 heterocycles. The molecule has 3 aromatic rings.